The number of likely N-dealkylation sites (tertiary alicyclic amines) is 1. The van der Waals surface area contributed by atoms with Crippen molar-refractivity contribution in [2.75, 3.05) is 6.54 Å². The molecule has 0 aromatic carbocycles. The molecule has 0 aliphatic carbocycles. The average Bonchev–Trinajstić information content (AvgIpc) is 2.31. The van der Waals surface area contributed by atoms with Crippen LogP contribution in [0.5, 0.6) is 0 Å². The van der Waals surface area contributed by atoms with Gasteiger partial charge in [-0.15, -0.1) is 0 Å². The topological polar surface area (TPSA) is 63.4 Å². The van der Waals surface area contributed by atoms with E-state index in [2.05, 4.69) is 0 Å². The molecule has 1 aliphatic heterocycles. The normalized spacial score (nSPS) is 29.1. The average molecular weight is 170 g/mol. The smallest absolute Gasteiger partial charge is 0.220 e. The van der Waals surface area contributed by atoms with Crippen molar-refractivity contribution < 1.29 is 9.59 Å². The number of carbonyl (C=O) groups excluding carboxylic acids is 2. The van der Waals surface area contributed by atoms with Gasteiger partial charge in [-0.1, -0.05) is 0 Å². The Labute approximate surface area is 71.7 Å². The Hall–Kier alpha value is -0.900. The molecule has 68 valence electrons. The number of hydrogen-bond donors (Lipinski definition) is 1. The Bertz CT molecular complexity index is 193. The van der Waals surface area contributed by atoms with Crippen LogP contribution in [-0.2, 0) is 9.59 Å². The highest BCUT2D eigenvalue weighted by Crippen LogP contribution is 2.16. The first-order chi connectivity index (χ1) is 5.52. The summed E-state index contributed by atoms with van der Waals surface area (Å²) in [5.41, 5.74) is 5.64. The molecule has 0 saturated carbocycles. The molecule has 12 heavy (non-hydrogen) atoms. The summed E-state index contributed by atoms with van der Waals surface area (Å²) >= 11 is 0. The number of Topliss-reactive ketones (excluding diaryl/α,β-unsaturated/α-hetero) is 1. The van der Waals surface area contributed by atoms with Gasteiger partial charge in [0.1, 0.15) is 0 Å². The maximum absolute atomic E-state index is 11.1. The van der Waals surface area contributed by atoms with Crippen molar-refractivity contribution in [2.24, 2.45) is 5.73 Å². The van der Waals surface area contributed by atoms with Crippen LogP contribution in [0.15, 0.2) is 0 Å². The Balaban J connectivity index is 2.72. The van der Waals surface area contributed by atoms with E-state index in [-0.39, 0.29) is 23.8 Å². The second-order valence-corrected chi connectivity index (χ2v) is 3.29. The van der Waals surface area contributed by atoms with Crippen LogP contribution in [0.3, 0.4) is 0 Å². The molecule has 1 amide bonds. The molecular weight excluding hydrogens is 156 g/mol. The summed E-state index contributed by atoms with van der Waals surface area (Å²) in [6.07, 6.45) is 0.606. The van der Waals surface area contributed by atoms with Crippen LogP contribution in [0.2, 0.25) is 0 Å². The highest BCUT2D eigenvalue weighted by molar-refractivity contribution is 5.87. The molecule has 0 aromatic rings. The van der Waals surface area contributed by atoms with Gasteiger partial charge >= 0.3 is 0 Å². The number of amides is 1. The molecular formula is C8H14N2O2. The molecule has 4 nitrogen and oxygen atoms in total. The van der Waals surface area contributed by atoms with Gasteiger partial charge in [-0.25, -0.2) is 0 Å². The minimum Gasteiger partial charge on any atom is -0.331 e. The summed E-state index contributed by atoms with van der Waals surface area (Å²) in [6, 6.07) is -0.319. The van der Waals surface area contributed by atoms with Crippen molar-refractivity contribution in [1.82, 2.24) is 4.90 Å². The zero-order chi connectivity index (χ0) is 9.30. The lowest BCUT2D eigenvalue weighted by Crippen LogP contribution is -2.38. The highest BCUT2D eigenvalue weighted by Gasteiger charge is 2.34. The lowest BCUT2D eigenvalue weighted by Gasteiger charge is -2.20. The number of hydrogen-bond acceptors (Lipinski definition) is 3. The first-order valence-corrected chi connectivity index (χ1v) is 4.05. The highest BCUT2D eigenvalue weighted by atomic mass is 16.2. The van der Waals surface area contributed by atoms with E-state index in [4.69, 9.17) is 5.73 Å². The van der Waals surface area contributed by atoms with Crippen molar-refractivity contribution in [2.45, 2.75) is 32.4 Å². The lowest BCUT2D eigenvalue weighted by atomic mass is 10.1. The SMILES string of the molecule is CC(=O)[C@@H]1C[C@@H](N)CN1C(C)=O. The van der Waals surface area contributed by atoms with E-state index in [9.17, 15) is 9.59 Å². The van der Waals surface area contributed by atoms with Crippen LogP contribution in [0.25, 0.3) is 0 Å². The minimum absolute atomic E-state index is 0.0261. The monoisotopic (exact) mass is 170 g/mol. The Morgan fingerprint density at radius 2 is 2.00 bits per heavy atom. The molecule has 1 heterocycles. The number of rotatable bonds is 1. The van der Waals surface area contributed by atoms with Gasteiger partial charge in [0.2, 0.25) is 5.91 Å². The van der Waals surface area contributed by atoms with Crippen LogP contribution < -0.4 is 5.73 Å². The zero-order valence-corrected chi connectivity index (χ0v) is 7.41. The summed E-state index contributed by atoms with van der Waals surface area (Å²) in [6.45, 7) is 3.48. The van der Waals surface area contributed by atoms with Crippen molar-refractivity contribution in [3.8, 4) is 0 Å². The van der Waals surface area contributed by atoms with Crippen molar-refractivity contribution >= 4 is 11.7 Å². The van der Waals surface area contributed by atoms with Crippen molar-refractivity contribution in [3.05, 3.63) is 0 Å². The molecule has 1 fully saturated rings. The van der Waals surface area contributed by atoms with Gasteiger partial charge in [0.05, 0.1) is 6.04 Å². The maximum Gasteiger partial charge on any atom is 0.220 e. The molecule has 0 unspecified atom stereocenters. The third-order valence-corrected chi connectivity index (χ3v) is 2.21. The summed E-state index contributed by atoms with van der Waals surface area (Å²) in [5, 5.41) is 0. The number of ketones is 1. The molecule has 0 spiro atoms. The van der Waals surface area contributed by atoms with E-state index in [0.717, 1.165) is 0 Å². The summed E-state index contributed by atoms with van der Waals surface area (Å²) in [7, 11) is 0. The molecule has 2 atom stereocenters. The van der Waals surface area contributed by atoms with Gasteiger partial charge in [0.15, 0.2) is 5.78 Å². The fourth-order valence-corrected chi connectivity index (χ4v) is 1.60. The first kappa shape index (κ1) is 9.19. The van der Waals surface area contributed by atoms with E-state index < -0.39 is 0 Å². The Kier molecular flexibility index (Phi) is 2.47. The molecule has 1 aliphatic rings. The Morgan fingerprint density at radius 3 is 2.33 bits per heavy atom. The molecule has 1 rings (SSSR count). The molecule has 4 heteroatoms. The molecule has 0 radical (unpaired) electrons. The second kappa shape index (κ2) is 3.23. The standard InChI is InChI=1S/C8H14N2O2/c1-5(11)8-3-7(9)4-10(8)6(2)12/h7-8H,3-4,9H2,1-2H3/t7-,8+/m1/s1. The van der Waals surface area contributed by atoms with Crippen molar-refractivity contribution in [1.29, 1.82) is 0 Å². The van der Waals surface area contributed by atoms with Gasteiger partial charge in [0.25, 0.3) is 0 Å². The number of nitrogens with zero attached hydrogens (tertiary/aromatic N) is 1. The predicted octanol–water partition coefficient (Wildman–Crippen LogP) is -0.476. The molecule has 1 saturated heterocycles. The van der Waals surface area contributed by atoms with Crippen LogP contribution in [0.1, 0.15) is 20.3 Å². The Morgan fingerprint density at radius 1 is 1.42 bits per heavy atom. The molecule has 0 bridgehead atoms. The van der Waals surface area contributed by atoms with E-state index in [1.807, 2.05) is 0 Å². The second-order valence-electron chi connectivity index (χ2n) is 3.29. The fourth-order valence-electron chi connectivity index (χ4n) is 1.60. The summed E-state index contributed by atoms with van der Waals surface area (Å²) < 4.78 is 0. The minimum atomic E-state index is -0.280. The molecule has 0 aromatic heterocycles. The quantitative estimate of drug-likeness (QED) is 0.578. The number of nitrogens with two attached hydrogens (primary N) is 1. The van der Waals surface area contributed by atoms with E-state index >= 15 is 0 Å². The van der Waals surface area contributed by atoms with Crippen LogP contribution in [0.4, 0.5) is 0 Å². The van der Waals surface area contributed by atoms with Gasteiger partial charge in [-0.05, 0) is 13.3 Å². The van der Waals surface area contributed by atoms with Gasteiger partial charge in [-0.2, -0.15) is 0 Å². The van der Waals surface area contributed by atoms with E-state index in [1.165, 1.54) is 13.8 Å². The largest absolute Gasteiger partial charge is 0.331 e. The van der Waals surface area contributed by atoms with Crippen molar-refractivity contribution in [3.63, 3.8) is 0 Å². The third kappa shape index (κ3) is 1.64. The maximum atomic E-state index is 11.1. The van der Waals surface area contributed by atoms with E-state index in [0.29, 0.717) is 13.0 Å². The van der Waals surface area contributed by atoms with Gasteiger partial charge in [0, 0.05) is 19.5 Å². The first-order valence-electron chi connectivity index (χ1n) is 4.05. The fraction of sp³-hybridized carbons (Fsp3) is 0.750. The lowest BCUT2D eigenvalue weighted by molar-refractivity contribution is -0.135. The van der Waals surface area contributed by atoms with Gasteiger partial charge in [-0.3, -0.25) is 9.59 Å². The van der Waals surface area contributed by atoms with Crippen LogP contribution >= 0.6 is 0 Å². The predicted molar refractivity (Wildman–Crippen MR) is 44.4 cm³/mol. The molecule has 2 N–H and O–H groups in total. The van der Waals surface area contributed by atoms with Crippen LogP contribution in [-0.4, -0.2) is 35.2 Å². The summed E-state index contributed by atoms with van der Waals surface area (Å²) in [5.74, 6) is -0.0405. The van der Waals surface area contributed by atoms with Gasteiger partial charge < -0.3 is 10.6 Å². The number of carbonyl (C=O) groups is 2. The van der Waals surface area contributed by atoms with E-state index in [1.54, 1.807) is 4.90 Å². The third-order valence-electron chi connectivity index (χ3n) is 2.21. The van der Waals surface area contributed by atoms with Crippen LogP contribution in [0, 0.1) is 0 Å². The zero-order valence-electron chi connectivity index (χ0n) is 7.41. The summed E-state index contributed by atoms with van der Waals surface area (Å²) in [4.78, 5) is 23.6.